The first-order valence-electron chi connectivity index (χ1n) is 10.1. The SMILES string of the molecule is CCc1nn(C2CCCC2)c2nc(-c3cc(C)nc(-n4ccnc4)c3)[nH]c(=O)c12. The molecule has 0 unspecified atom stereocenters. The van der Waals surface area contributed by atoms with Crippen molar-refractivity contribution in [2.24, 2.45) is 0 Å². The topological polar surface area (TPSA) is 94.3 Å². The highest BCUT2D eigenvalue weighted by molar-refractivity contribution is 5.79. The van der Waals surface area contributed by atoms with E-state index >= 15 is 0 Å². The maximum absolute atomic E-state index is 13.0. The number of hydrogen-bond acceptors (Lipinski definition) is 5. The fourth-order valence-electron chi connectivity index (χ4n) is 4.22. The smallest absolute Gasteiger partial charge is 0.262 e. The number of fused-ring (bicyclic) bond motifs is 1. The molecule has 0 saturated heterocycles. The fraction of sp³-hybridized carbons (Fsp3) is 0.381. The first-order valence-corrected chi connectivity index (χ1v) is 10.1. The summed E-state index contributed by atoms with van der Waals surface area (Å²) in [5.74, 6) is 1.27. The zero-order chi connectivity index (χ0) is 20.0. The molecule has 0 bridgehead atoms. The van der Waals surface area contributed by atoms with Gasteiger partial charge in [0.15, 0.2) is 5.65 Å². The first-order chi connectivity index (χ1) is 14.1. The molecule has 1 aliphatic carbocycles. The number of hydrogen-bond donors (Lipinski definition) is 1. The molecule has 8 heteroatoms. The number of rotatable bonds is 4. The molecule has 0 atom stereocenters. The van der Waals surface area contributed by atoms with Gasteiger partial charge in [-0.05, 0) is 38.3 Å². The van der Waals surface area contributed by atoms with Crippen molar-refractivity contribution >= 4 is 11.0 Å². The minimum atomic E-state index is -0.134. The van der Waals surface area contributed by atoms with E-state index in [2.05, 4.69) is 15.0 Å². The summed E-state index contributed by atoms with van der Waals surface area (Å²) in [7, 11) is 0. The first kappa shape index (κ1) is 17.8. The Kier molecular flexibility index (Phi) is 4.26. The van der Waals surface area contributed by atoms with Gasteiger partial charge in [-0.15, -0.1) is 0 Å². The summed E-state index contributed by atoms with van der Waals surface area (Å²) in [4.78, 5) is 29.5. The second-order valence-electron chi connectivity index (χ2n) is 7.62. The van der Waals surface area contributed by atoms with E-state index in [1.165, 1.54) is 12.8 Å². The summed E-state index contributed by atoms with van der Waals surface area (Å²) < 4.78 is 3.83. The van der Waals surface area contributed by atoms with Crippen molar-refractivity contribution in [1.82, 2.24) is 34.3 Å². The van der Waals surface area contributed by atoms with Crippen LogP contribution in [0.2, 0.25) is 0 Å². The van der Waals surface area contributed by atoms with Crippen LogP contribution in [0.5, 0.6) is 0 Å². The zero-order valence-corrected chi connectivity index (χ0v) is 16.6. The van der Waals surface area contributed by atoms with Crippen molar-refractivity contribution in [2.75, 3.05) is 0 Å². The van der Waals surface area contributed by atoms with Gasteiger partial charge in [0.1, 0.15) is 23.4 Å². The van der Waals surface area contributed by atoms with E-state index in [1.807, 2.05) is 41.4 Å². The molecule has 4 aromatic heterocycles. The van der Waals surface area contributed by atoms with Crippen LogP contribution in [0.25, 0.3) is 28.2 Å². The lowest BCUT2D eigenvalue weighted by Crippen LogP contribution is -2.13. The molecule has 1 N–H and O–H groups in total. The zero-order valence-electron chi connectivity index (χ0n) is 16.6. The summed E-state index contributed by atoms with van der Waals surface area (Å²) >= 11 is 0. The van der Waals surface area contributed by atoms with Crippen LogP contribution in [0.1, 0.15) is 50.0 Å². The minimum absolute atomic E-state index is 0.134. The lowest BCUT2D eigenvalue weighted by Gasteiger charge is -2.11. The van der Waals surface area contributed by atoms with Gasteiger partial charge in [0.25, 0.3) is 5.56 Å². The largest absolute Gasteiger partial charge is 0.306 e. The van der Waals surface area contributed by atoms with Crippen LogP contribution < -0.4 is 5.56 Å². The van der Waals surface area contributed by atoms with Gasteiger partial charge in [-0.25, -0.2) is 19.6 Å². The van der Waals surface area contributed by atoms with E-state index in [9.17, 15) is 4.79 Å². The van der Waals surface area contributed by atoms with Gasteiger partial charge in [0.05, 0.1) is 11.7 Å². The van der Waals surface area contributed by atoms with Gasteiger partial charge in [0.2, 0.25) is 0 Å². The van der Waals surface area contributed by atoms with E-state index < -0.39 is 0 Å². The number of aromatic nitrogens is 7. The van der Waals surface area contributed by atoms with Crippen molar-refractivity contribution in [2.45, 2.75) is 52.0 Å². The van der Waals surface area contributed by atoms with E-state index in [4.69, 9.17) is 10.1 Å². The van der Waals surface area contributed by atoms with Crippen LogP contribution in [0.4, 0.5) is 0 Å². The van der Waals surface area contributed by atoms with Gasteiger partial charge < -0.3 is 4.98 Å². The molecule has 0 aromatic carbocycles. The average Bonchev–Trinajstić information content (AvgIpc) is 3.46. The molecule has 1 fully saturated rings. The predicted octanol–water partition coefficient (Wildman–Crippen LogP) is 3.35. The molecule has 29 heavy (non-hydrogen) atoms. The number of imidazole rings is 1. The Hall–Kier alpha value is -3.29. The van der Waals surface area contributed by atoms with Gasteiger partial charge in [-0.3, -0.25) is 9.36 Å². The van der Waals surface area contributed by atoms with Crippen LogP contribution in [0.3, 0.4) is 0 Å². The van der Waals surface area contributed by atoms with Crippen molar-refractivity contribution < 1.29 is 0 Å². The molecule has 0 radical (unpaired) electrons. The van der Waals surface area contributed by atoms with Crippen LogP contribution in [-0.2, 0) is 6.42 Å². The maximum atomic E-state index is 13.0. The van der Waals surface area contributed by atoms with Crippen molar-refractivity contribution in [3.63, 3.8) is 0 Å². The number of nitrogens with one attached hydrogen (secondary N) is 1. The molecule has 4 heterocycles. The summed E-state index contributed by atoms with van der Waals surface area (Å²) in [6, 6.07) is 4.16. The van der Waals surface area contributed by atoms with Crippen molar-refractivity contribution in [3.05, 3.63) is 52.6 Å². The third-order valence-electron chi connectivity index (χ3n) is 5.62. The fourth-order valence-corrected chi connectivity index (χ4v) is 4.22. The number of pyridine rings is 1. The lowest BCUT2D eigenvalue weighted by molar-refractivity contribution is 0.474. The Morgan fingerprint density at radius 1 is 1.21 bits per heavy atom. The Morgan fingerprint density at radius 3 is 2.76 bits per heavy atom. The summed E-state index contributed by atoms with van der Waals surface area (Å²) in [5.41, 5.74) is 3.03. The highest BCUT2D eigenvalue weighted by Crippen LogP contribution is 2.32. The second-order valence-corrected chi connectivity index (χ2v) is 7.62. The van der Waals surface area contributed by atoms with Crippen LogP contribution in [0.15, 0.2) is 35.6 Å². The van der Waals surface area contributed by atoms with E-state index in [0.717, 1.165) is 35.6 Å². The van der Waals surface area contributed by atoms with E-state index in [0.29, 0.717) is 29.3 Å². The molecule has 1 saturated carbocycles. The van der Waals surface area contributed by atoms with Crippen LogP contribution in [0, 0.1) is 6.92 Å². The number of aryl methyl sites for hydroxylation is 2. The van der Waals surface area contributed by atoms with Gasteiger partial charge in [0, 0.05) is 23.7 Å². The highest BCUT2D eigenvalue weighted by atomic mass is 16.1. The predicted molar refractivity (Wildman–Crippen MR) is 110 cm³/mol. The van der Waals surface area contributed by atoms with Crippen LogP contribution in [-0.4, -0.2) is 34.3 Å². The van der Waals surface area contributed by atoms with Gasteiger partial charge >= 0.3 is 0 Å². The molecular weight excluding hydrogens is 366 g/mol. The normalized spacial score (nSPS) is 14.8. The quantitative estimate of drug-likeness (QED) is 0.578. The Bertz CT molecular complexity index is 1230. The molecule has 1 aliphatic rings. The molecule has 148 valence electrons. The Balaban J connectivity index is 1.70. The van der Waals surface area contributed by atoms with Crippen molar-refractivity contribution in [1.29, 1.82) is 0 Å². The number of aromatic amines is 1. The molecule has 0 aliphatic heterocycles. The summed E-state index contributed by atoms with van der Waals surface area (Å²) in [6.45, 7) is 3.95. The molecular formula is C21H23N7O. The molecule has 0 spiro atoms. The van der Waals surface area contributed by atoms with E-state index in [1.54, 1.807) is 12.5 Å². The minimum Gasteiger partial charge on any atom is -0.306 e. The third kappa shape index (κ3) is 3.04. The van der Waals surface area contributed by atoms with Crippen molar-refractivity contribution in [3.8, 4) is 17.2 Å². The number of nitrogens with zero attached hydrogens (tertiary/aromatic N) is 6. The highest BCUT2D eigenvalue weighted by Gasteiger charge is 2.24. The maximum Gasteiger partial charge on any atom is 0.262 e. The summed E-state index contributed by atoms with van der Waals surface area (Å²) in [6.07, 6.45) is 10.5. The second kappa shape index (κ2) is 6.95. The third-order valence-corrected chi connectivity index (χ3v) is 5.62. The Labute approximate surface area is 167 Å². The monoisotopic (exact) mass is 389 g/mol. The van der Waals surface area contributed by atoms with Gasteiger partial charge in [-0.1, -0.05) is 19.8 Å². The number of H-pyrrole nitrogens is 1. The van der Waals surface area contributed by atoms with Crippen LogP contribution >= 0.6 is 0 Å². The van der Waals surface area contributed by atoms with E-state index in [-0.39, 0.29) is 5.56 Å². The summed E-state index contributed by atoms with van der Waals surface area (Å²) in [5, 5.41) is 5.39. The Morgan fingerprint density at radius 2 is 2.03 bits per heavy atom. The molecule has 5 rings (SSSR count). The standard InChI is InChI=1S/C21H23N7O/c1-3-16-18-20(28(26-16)15-6-4-5-7-15)24-19(25-21(18)29)14-10-13(2)23-17(11-14)27-9-8-22-12-27/h8-12,15H,3-7H2,1-2H3,(H,24,25,29). The average molecular weight is 389 g/mol. The molecule has 0 amide bonds. The van der Waals surface area contributed by atoms with Gasteiger partial charge in [-0.2, -0.15) is 5.10 Å². The molecule has 8 nitrogen and oxygen atoms in total. The lowest BCUT2D eigenvalue weighted by atomic mass is 10.2. The molecule has 4 aromatic rings.